The van der Waals surface area contributed by atoms with Crippen LogP contribution in [0.25, 0.3) is 0 Å². The fraction of sp³-hybridized carbons (Fsp3) is 0.630. The second kappa shape index (κ2) is 18.1. The number of carboxylic acid groups (broad SMARTS) is 1. The van der Waals surface area contributed by atoms with Crippen LogP contribution < -0.4 is 33.2 Å². The summed E-state index contributed by atoms with van der Waals surface area (Å²) in [5, 5.41) is 27.1. The van der Waals surface area contributed by atoms with E-state index in [-0.39, 0.29) is 24.5 Å². The topological polar surface area (TPSA) is 223 Å². The van der Waals surface area contributed by atoms with Gasteiger partial charge in [-0.25, -0.2) is 4.79 Å². The summed E-state index contributed by atoms with van der Waals surface area (Å²) in [6, 6.07) is 1.97. The number of carbonyl (C=O) groups is 4. The zero-order valence-electron chi connectivity index (χ0n) is 23.0. The molecule has 1 aromatic rings. The van der Waals surface area contributed by atoms with Crippen LogP contribution in [0.1, 0.15) is 64.4 Å². The molecule has 1 rings (SSSR count). The Morgan fingerprint density at radius 3 is 1.69 bits per heavy atom. The van der Waals surface area contributed by atoms with Crippen LogP contribution in [0.2, 0.25) is 0 Å². The van der Waals surface area contributed by atoms with Gasteiger partial charge >= 0.3 is 5.97 Å². The van der Waals surface area contributed by atoms with Crippen molar-refractivity contribution in [2.45, 2.75) is 89.4 Å². The molecule has 0 aliphatic rings. The van der Waals surface area contributed by atoms with Crippen molar-refractivity contribution in [1.29, 1.82) is 0 Å². The molecule has 0 fully saturated rings. The van der Waals surface area contributed by atoms with E-state index in [0.717, 1.165) is 0 Å². The minimum absolute atomic E-state index is 0.0178. The van der Waals surface area contributed by atoms with Gasteiger partial charge in [-0.3, -0.25) is 14.4 Å². The Morgan fingerprint density at radius 1 is 0.795 bits per heavy atom. The van der Waals surface area contributed by atoms with Gasteiger partial charge in [-0.15, -0.1) is 0 Å². The lowest BCUT2D eigenvalue weighted by molar-refractivity contribution is -0.142. The highest BCUT2D eigenvalue weighted by molar-refractivity contribution is 5.94. The van der Waals surface area contributed by atoms with Gasteiger partial charge in [0.05, 0.1) is 6.04 Å². The summed E-state index contributed by atoms with van der Waals surface area (Å²) in [5.41, 5.74) is 17.8. The highest BCUT2D eigenvalue weighted by Gasteiger charge is 2.30. The number of hydrogen-bond acceptors (Lipinski definition) is 8. The molecule has 0 heterocycles. The van der Waals surface area contributed by atoms with Crippen LogP contribution in [0.5, 0.6) is 5.75 Å². The van der Waals surface area contributed by atoms with E-state index in [0.29, 0.717) is 57.2 Å². The van der Waals surface area contributed by atoms with Gasteiger partial charge in [0.25, 0.3) is 0 Å². The molecule has 12 heteroatoms. The summed E-state index contributed by atoms with van der Waals surface area (Å²) >= 11 is 0. The number of phenolic OH excluding ortho intramolecular Hbond substituents is 1. The lowest BCUT2D eigenvalue weighted by Crippen LogP contribution is -2.57. The highest BCUT2D eigenvalue weighted by Crippen LogP contribution is 2.13. The van der Waals surface area contributed by atoms with Crippen LogP contribution in [0, 0.1) is 5.92 Å². The molecule has 0 spiro atoms. The van der Waals surface area contributed by atoms with Crippen LogP contribution >= 0.6 is 0 Å². The number of amides is 3. The fourth-order valence-electron chi connectivity index (χ4n) is 3.92. The quantitative estimate of drug-likeness (QED) is 0.109. The van der Waals surface area contributed by atoms with Gasteiger partial charge in [0.15, 0.2) is 0 Å². The van der Waals surface area contributed by atoms with Crippen LogP contribution in [-0.2, 0) is 25.6 Å². The van der Waals surface area contributed by atoms with Gasteiger partial charge in [0, 0.05) is 6.42 Å². The molecule has 0 aromatic heterocycles. The molecule has 220 valence electrons. The van der Waals surface area contributed by atoms with Gasteiger partial charge < -0.3 is 43.4 Å². The first kappa shape index (κ1) is 33.8. The average molecular weight is 551 g/mol. The van der Waals surface area contributed by atoms with Crippen LogP contribution in [0.15, 0.2) is 24.3 Å². The molecule has 1 aromatic carbocycles. The van der Waals surface area contributed by atoms with E-state index >= 15 is 0 Å². The molecular formula is C27H46N6O6. The van der Waals surface area contributed by atoms with Crippen molar-refractivity contribution in [3.63, 3.8) is 0 Å². The Bertz CT molecular complexity index is 913. The van der Waals surface area contributed by atoms with Gasteiger partial charge in [0.2, 0.25) is 17.7 Å². The number of nitrogens with one attached hydrogen (secondary N) is 3. The first-order valence-electron chi connectivity index (χ1n) is 13.6. The first-order valence-corrected chi connectivity index (χ1v) is 13.6. The Balaban J connectivity index is 3.04. The summed E-state index contributed by atoms with van der Waals surface area (Å²) in [6.45, 7) is 4.59. The van der Waals surface area contributed by atoms with Crippen LogP contribution in [0.3, 0.4) is 0 Å². The Kier molecular flexibility index (Phi) is 15.7. The molecule has 5 unspecified atom stereocenters. The number of hydrogen-bond donors (Lipinski definition) is 8. The van der Waals surface area contributed by atoms with Crippen molar-refractivity contribution in [3.8, 4) is 5.75 Å². The van der Waals surface area contributed by atoms with Crippen molar-refractivity contribution in [1.82, 2.24) is 16.0 Å². The highest BCUT2D eigenvalue weighted by atomic mass is 16.4. The van der Waals surface area contributed by atoms with E-state index in [1.54, 1.807) is 12.1 Å². The van der Waals surface area contributed by atoms with Crippen molar-refractivity contribution >= 4 is 23.7 Å². The summed E-state index contributed by atoms with van der Waals surface area (Å²) in [4.78, 5) is 51.1. The van der Waals surface area contributed by atoms with Crippen molar-refractivity contribution < 1.29 is 29.4 Å². The normalized spacial score (nSPS) is 14.9. The molecule has 0 radical (unpaired) electrons. The Hall–Kier alpha value is -3.22. The van der Waals surface area contributed by atoms with Gasteiger partial charge in [-0.1, -0.05) is 32.4 Å². The number of rotatable bonds is 19. The number of carbonyl (C=O) groups excluding carboxylic acids is 3. The zero-order chi connectivity index (χ0) is 29.4. The molecule has 0 saturated heterocycles. The fourth-order valence-corrected chi connectivity index (χ4v) is 3.92. The summed E-state index contributed by atoms with van der Waals surface area (Å²) < 4.78 is 0. The smallest absolute Gasteiger partial charge is 0.326 e. The third kappa shape index (κ3) is 12.5. The van der Waals surface area contributed by atoms with Crippen LogP contribution in [0.4, 0.5) is 0 Å². The third-order valence-corrected chi connectivity index (χ3v) is 6.71. The SMILES string of the molecule is CCC(C)C(N)C(=O)NC(CCCCN)C(=O)NC(CCCCN)C(=O)NC(Cc1ccc(O)cc1)C(=O)O. The van der Waals surface area contributed by atoms with Crippen molar-refractivity contribution in [3.05, 3.63) is 29.8 Å². The molecule has 5 atom stereocenters. The van der Waals surface area contributed by atoms with E-state index in [9.17, 15) is 29.4 Å². The number of benzene rings is 1. The minimum Gasteiger partial charge on any atom is -0.508 e. The van der Waals surface area contributed by atoms with Crippen molar-refractivity contribution in [2.24, 2.45) is 23.1 Å². The molecule has 0 bridgehead atoms. The van der Waals surface area contributed by atoms with Gasteiger partial charge in [0.1, 0.15) is 23.9 Å². The first-order chi connectivity index (χ1) is 18.5. The van der Waals surface area contributed by atoms with E-state index in [1.165, 1.54) is 12.1 Å². The molecular weight excluding hydrogens is 504 g/mol. The lowest BCUT2D eigenvalue weighted by atomic mass is 9.98. The molecule has 0 saturated carbocycles. The van der Waals surface area contributed by atoms with E-state index in [4.69, 9.17) is 17.2 Å². The number of aromatic hydroxyl groups is 1. The number of unbranched alkanes of at least 4 members (excludes halogenated alkanes) is 2. The second-order valence-corrected chi connectivity index (χ2v) is 9.87. The minimum atomic E-state index is -1.26. The van der Waals surface area contributed by atoms with E-state index in [1.807, 2.05) is 13.8 Å². The maximum Gasteiger partial charge on any atom is 0.326 e. The number of phenols is 1. The maximum absolute atomic E-state index is 13.3. The maximum atomic E-state index is 13.3. The molecule has 39 heavy (non-hydrogen) atoms. The van der Waals surface area contributed by atoms with E-state index in [2.05, 4.69) is 16.0 Å². The summed E-state index contributed by atoms with van der Waals surface area (Å²) in [7, 11) is 0. The Labute approximate surface area is 230 Å². The van der Waals surface area contributed by atoms with Crippen LogP contribution in [-0.4, -0.2) is 71.2 Å². The summed E-state index contributed by atoms with van der Waals surface area (Å²) in [5.74, 6) is -2.97. The molecule has 11 N–H and O–H groups in total. The molecule has 3 amide bonds. The number of nitrogens with two attached hydrogens (primary N) is 3. The largest absolute Gasteiger partial charge is 0.508 e. The van der Waals surface area contributed by atoms with E-state index < -0.39 is 47.9 Å². The monoisotopic (exact) mass is 550 g/mol. The zero-order valence-corrected chi connectivity index (χ0v) is 23.0. The predicted molar refractivity (Wildman–Crippen MR) is 148 cm³/mol. The average Bonchev–Trinajstić information content (AvgIpc) is 2.91. The van der Waals surface area contributed by atoms with Gasteiger partial charge in [-0.05, 0) is 75.2 Å². The molecule has 0 aliphatic carbocycles. The van der Waals surface area contributed by atoms with Gasteiger partial charge in [-0.2, -0.15) is 0 Å². The summed E-state index contributed by atoms with van der Waals surface area (Å²) in [6.07, 6.45) is 3.56. The van der Waals surface area contributed by atoms with Crippen molar-refractivity contribution in [2.75, 3.05) is 13.1 Å². The molecule has 0 aliphatic heterocycles. The number of aliphatic carboxylic acids is 1. The third-order valence-electron chi connectivity index (χ3n) is 6.71. The standard InChI is InChI=1S/C27H46N6O6/c1-3-17(2)23(30)26(37)32-21(9-5-7-15-29)24(35)31-20(8-4-6-14-28)25(36)33-22(27(38)39)16-18-10-12-19(34)13-11-18/h10-13,17,20-23,34H,3-9,14-16,28-30H2,1-2H3,(H,31,35)(H,32,37)(H,33,36)(H,38,39). The lowest BCUT2D eigenvalue weighted by Gasteiger charge is -2.26. The molecule has 12 nitrogen and oxygen atoms in total. The Morgan fingerprint density at radius 2 is 1.26 bits per heavy atom. The number of carboxylic acids is 1. The second-order valence-electron chi connectivity index (χ2n) is 9.87. The predicted octanol–water partition coefficient (Wildman–Crippen LogP) is 0.105.